The first-order valence-electron chi connectivity index (χ1n) is 5.60. The summed E-state index contributed by atoms with van der Waals surface area (Å²) in [5, 5.41) is 0. The molecule has 18 heavy (non-hydrogen) atoms. The van der Waals surface area contributed by atoms with Gasteiger partial charge in [0.1, 0.15) is 0 Å². The third-order valence-electron chi connectivity index (χ3n) is 2.34. The highest BCUT2D eigenvalue weighted by molar-refractivity contribution is 7.98. The molecule has 92 valence electrons. The van der Waals surface area contributed by atoms with Crippen LogP contribution in [0.2, 0.25) is 0 Å². The van der Waals surface area contributed by atoms with Gasteiger partial charge in [-0.05, 0) is 29.8 Å². The summed E-state index contributed by atoms with van der Waals surface area (Å²) < 4.78 is 0. The van der Waals surface area contributed by atoms with Crippen molar-refractivity contribution in [3.05, 3.63) is 60.2 Å². The number of benzene rings is 2. The summed E-state index contributed by atoms with van der Waals surface area (Å²) in [6, 6.07) is 18.3. The molecule has 2 rings (SSSR count). The molecule has 0 aromatic heterocycles. The zero-order valence-corrected chi connectivity index (χ0v) is 10.7. The lowest BCUT2D eigenvalue weighted by Gasteiger charge is -2.02. The van der Waals surface area contributed by atoms with Gasteiger partial charge in [0.25, 0.3) is 0 Å². The molecule has 0 saturated carbocycles. The van der Waals surface area contributed by atoms with Crippen LogP contribution in [0, 0.1) is 0 Å². The summed E-state index contributed by atoms with van der Waals surface area (Å²) >= 11 is 1.79. The number of hydrogen-bond acceptors (Lipinski definition) is 2. The van der Waals surface area contributed by atoms with Crippen molar-refractivity contribution < 1.29 is 0 Å². The first-order chi connectivity index (χ1) is 8.74. The smallest absolute Gasteiger partial charge is 0.191 e. The molecule has 0 aliphatic carbocycles. The lowest BCUT2D eigenvalue weighted by molar-refractivity contribution is 1.36. The Balaban J connectivity index is 1.97. The van der Waals surface area contributed by atoms with Gasteiger partial charge in [-0.25, -0.2) is 4.99 Å². The number of nitrogens with zero attached hydrogens (tertiary/aromatic N) is 1. The van der Waals surface area contributed by atoms with Crippen LogP contribution in [-0.2, 0) is 5.75 Å². The van der Waals surface area contributed by atoms with Crippen molar-refractivity contribution in [3.63, 3.8) is 0 Å². The first-order valence-corrected chi connectivity index (χ1v) is 6.59. The van der Waals surface area contributed by atoms with Gasteiger partial charge in [0.2, 0.25) is 0 Å². The van der Waals surface area contributed by atoms with Gasteiger partial charge in [-0.1, -0.05) is 30.3 Å². The first kappa shape index (κ1) is 12.5. The molecule has 0 aliphatic heterocycles. The van der Waals surface area contributed by atoms with E-state index in [1.165, 1.54) is 10.5 Å². The van der Waals surface area contributed by atoms with Crippen LogP contribution in [0.3, 0.4) is 0 Å². The second kappa shape index (κ2) is 6.12. The molecule has 0 heterocycles. The molecule has 0 saturated heterocycles. The Morgan fingerprint density at radius 2 is 1.61 bits per heavy atom. The lowest BCUT2D eigenvalue weighted by Crippen LogP contribution is -2.21. The summed E-state index contributed by atoms with van der Waals surface area (Å²) in [5.41, 5.74) is 12.7. The quantitative estimate of drug-likeness (QED) is 0.503. The minimum absolute atomic E-state index is 0.0830. The van der Waals surface area contributed by atoms with E-state index in [0.29, 0.717) is 0 Å². The number of nitrogens with two attached hydrogens (primary N) is 2. The average Bonchev–Trinajstić information content (AvgIpc) is 2.38. The van der Waals surface area contributed by atoms with Crippen LogP contribution in [-0.4, -0.2) is 5.96 Å². The highest BCUT2D eigenvalue weighted by Gasteiger charge is 1.96. The SMILES string of the molecule is NC(N)=Nc1ccc(SCc2ccccc2)cc1. The van der Waals surface area contributed by atoms with E-state index in [-0.39, 0.29) is 5.96 Å². The fraction of sp³-hybridized carbons (Fsp3) is 0.0714. The van der Waals surface area contributed by atoms with Crippen LogP contribution < -0.4 is 11.5 Å². The minimum atomic E-state index is 0.0830. The summed E-state index contributed by atoms with van der Waals surface area (Å²) in [7, 11) is 0. The molecule has 0 atom stereocenters. The van der Waals surface area contributed by atoms with Crippen LogP contribution in [0.4, 0.5) is 5.69 Å². The second-order valence-electron chi connectivity index (χ2n) is 3.80. The standard InChI is InChI=1S/C14H15N3S/c15-14(16)17-12-6-8-13(9-7-12)18-10-11-4-2-1-3-5-11/h1-9H,10H2,(H4,15,16,17). The maximum Gasteiger partial charge on any atom is 0.191 e. The molecule has 2 aromatic carbocycles. The Labute approximate surface area is 111 Å². The van der Waals surface area contributed by atoms with Gasteiger partial charge >= 0.3 is 0 Å². The topological polar surface area (TPSA) is 64.4 Å². The van der Waals surface area contributed by atoms with E-state index < -0.39 is 0 Å². The van der Waals surface area contributed by atoms with Crippen molar-refractivity contribution in [1.29, 1.82) is 0 Å². The molecule has 0 fully saturated rings. The predicted molar refractivity (Wildman–Crippen MR) is 77.9 cm³/mol. The molecule has 4 N–H and O–H groups in total. The Bertz CT molecular complexity index is 516. The van der Waals surface area contributed by atoms with Crippen LogP contribution in [0.5, 0.6) is 0 Å². The third kappa shape index (κ3) is 3.82. The lowest BCUT2D eigenvalue weighted by atomic mass is 10.2. The van der Waals surface area contributed by atoms with E-state index in [0.717, 1.165) is 11.4 Å². The average molecular weight is 257 g/mol. The predicted octanol–water partition coefficient (Wildman–Crippen LogP) is 2.88. The molecule has 0 bridgehead atoms. The molecule has 2 aromatic rings. The largest absolute Gasteiger partial charge is 0.370 e. The molecule has 0 amide bonds. The van der Waals surface area contributed by atoms with Crippen molar-refractivity contribution in [3.8, 4) is 0 Å². The molecular formula is C14H15N3S. The fourth-order valence-electron chi connectivity index (χ4n) is 1.51. The molecule has 0 unspecified atom stereocenters. The van der Waals surface area contributed by atoms with Crippen LogP contribution >= 0.6 is 11.8 Å². The Kier molecular flexibility index (Phi) is 4.25. The molecule has 3 nitrogen and oxygen atoms in total. The normalized spacial score (nSPS) is 10.0. The Hall–Kier alpha value is -1.94. The third-order valence-corrected chi connectivity index (χ3v) is 3.43. The summed E-state index contributed by atoms with van der Waals surface area (Å²) in [6.07, 6.45) is 0. The summed E-state index contributed by atoms with van der Waals surface area (Å²) in [4.78, 5) is 5.18. The maximum absolute atomic E-state index is 5.32. The monoisotopic (exact) mass is 257 g/mol. The van der Waals surface area contributed by atoms with E-state index in [9.17, 15) is 0 Å². The highest BCUT2D eigenvalue weighted by atomic mass is 32.2. The van der Waals surface area contributed by atoms with Crippen molar-refractivity contribution >= 4 is 23.4 Å². The zero-order valence-electron chi connectivity index (χ0n) is 9.91. The number of guanidine groups is 1. The van der Waals surface area contributed by atoms with E-state index in [1.54, 1.807) is 11.8 Å². The van der Waals surface area contributed by atoms with Crippen molar-refractivity contribution in [1.82, 2.24) is 0 Å². The number of thioether (sulfide) groups is 1. The second-order valence-corrected chi connectivity index (χ2v) is 4.85. The van der Waals surface area contributed by atoms with Crippen LogP contribution in [0.1, 0.15) is 5.56 Å². The maximum atomic E-state index is 5.32. The van der Waals surface area contributed by atoms with E-state index in [4.69, 9.17) is 11.5 Å². The minimum Gasteiger partial charge on any atom is -0.370 e. The number of aliphatic imine (C=N–C) groups is 1. The molecule has 0 aliphatic rings. The Morgan fingerprint density at radius 1 is 0.944 bits per heavy atom. The Morgan fingerprint density at radius 3 is 2.22 bits per heavy atom. The molecular weight excluding hydrogens is 242 g/mol. The fourth-order valence-corrected chi connectivity index (χ4v) is 2.36. The van der Waals surface area contributed by atoms with Gasteiger partial charge in [0.15, 0.2) is 5.96 Å². The summed E-state index contributed by atoms with van der Waals surface area (Å²) in [5.74, 6) is 1.04. The van der Waals surface area contributed by atoms with Gasteiger partial charge in [0, 0.05) is 10.6 Å². The zero-order chi connectivity index (χ0) is 12.8. The molecule has 0 radical (unpaired) electrons. The van der Waals surface area contributed by atoms with Gasteiger partial charge in [-0.15, -0.1) is 11.8 Å². The van der Waals surface area contributed by atoms with Gasteiger partial charge in [0.05, 0.1) is 5.69 Å². The number of hydrogen-bond donors (Lipinski definition) is 2. The van der Waals surface area contributed by atoms with E-state index in [1.807, 2.05) is 30.3 Å². The highest BCUT2D eigenvalue weighted by Crippen LogP contribution is 2.24. The van der Waals surface area contributed by atoms with E-state index in [2.05, 4.69) is 29.3 Å². The molecule has 0 spiro atoms. The van der Waals surface area contributed by atoms with Crippen LogP contribution in [0.15, 0.2) is 64.5 Å². The van der Waals surface area contributed by atoms with Gasteiger partial charge in [-0.2, -0.15) is 0 Å². The number of rotatable bonds is 4. The summed E-state index contributed by atoms with van der Waals surface area (Å²) in [6.45, 7) is 0. The van der Waals surface area contributed by atoms with Crippen molar-refractivity contribution in [2.24, 2.45) is 16.5 Å². The van der Waals surface area contributed by atoms with Gasteiger partial charge in [-0.3, -0.25) is 0 Å². The molecule has 4 heteroatoms. The van der Waals surface area contributed by atoms with E-state index >= 15 is 0 Å². The van der Waals surface area contributed by atoms with Gasteiger partial charge < -0.3 is 11.5 Å². The van der Waals surface area contributed by atoms with Crippen molar-refractivity contribution in [2.75, 3.05) is 0 Å². The van der Waals surface area contributed by atoms with Crippen molar-refractivity contribution in [2.45, 2.75) is 10.6 Å². The van der Waals surface area contributed by atoms with Crippen LogP contribution in [0.25, 0.3) is 0 Å².